The Morgan fingerprint density at radius 2 is 2.09 bits per heavy atom. The van der Waals surface area contributed by atoms with E-state index in [-0.39, 0.29) is 11.6 Å². The fraction of sp³-hybridized carbons (Fsp3) is 0.333. The van der Waals surface area contributed by atoms with Crippen molar-refractivity contribution in [2.75, 3.05) is 43.5 Å². The maximum Gasteiger partial charge on any atom is 0.271 e. The number of carbonyl (C=O) groups is 1. The molecule has 1 saturated heterocycles. The summed E-state index contributed by atoms with van der Waals surface area (Å²) >= 11 is 1.34. The minimum atomic E-state index is -0.458. The molecule has 33 heavy (non-hydrogen) atoms. The molecule has 0 aliphatic carbocycles. The maximum atomic E-state index is 12.4. The average molecular weight is 470 g/mol. The number of anilines is 3. The second-order valence-corrected chi connectivity index (χ2v) is 8.38. The van der Waals surface area contributed by atoms with Crippen LogP contribution in [0.1, 0.15) is 12.1 Å². The van der Waals surface area contributed by atoms with Gasteiger partial charge in [-0.2, -0.15) is 0 Å². The number of ether oxygens (including phenoxy) is 1. The van der Waals surface area contributed by atoms with Crippen molar-refractivity contribution in [3.05, 3.63) is 52.3 Å². The van der Waals surface area contributed by atoms with Crippen molar-refractivity contribution in [2.45, 2.75) is 13.3 Å². The molecule has 0 bridgehead atoms. The number of nitro groups is 1. The quantitative estimate of drug-likeness (QED) is 0.376. The van der Waals surface area contributed by atoms with Gasteiger partial charge in [0.05, 0.1) is 34.4 Å². The number of hydrogen-bond acceptors (Lipinski definition) is 10. The highest BCUT2D eigenvalue weighted by Crippen LogP contribution is 2.32. The van der Waals surface area contributed by atoms with E-state index >= 15 is 0 Å². The first-order valence-electron chi connectivity index (χ1n) is 10.4. The van der Waals surface area contributed by atoms with Crippen molar-refractivity contribution >= 4 is 39.7 Å². The summed E-state index contributed by atoms with van der Waals surface area (Å²) in [6, 6.07) is 7.87. The molecule has 2 aromatic heterocycles. The summed E-state index contributed by atoms with van der Waals surface area (Å²) in [5, 5.41) is 17.4. The number of aryl methyl sites for hydroxylation is 1. The van der Waals surface area contributed by atoms with E-state index in [0.717, 1.165) is 23.7 Å². The number of rotatable bonds is 8. The van der Waals surface area contributed by atoms with Crippen LogP contribution in [0, 0.1) is 17.0 Å². The maximum absolute atomic E-state index is 12.4. The van der Waals surface area contributed by atoms with Crippen LogP contribution >= 0.6 is 11.3 Å². The molecule has 1 amide bonds. The minimum absolute atomic E-state index is 0.0246. The fourth-order valence-electron chi connectivity index (χ4n) is 3.33. The van der Waals surface area contributed by atoms with E-state index in [2.05, 4.69) is 30.5 Å². The molecule has 1 aliphatic rings. The molecule has 11 nitrogen and oxygen atoms in total. The molecular weight excluding hydrogens is 446 g/mol. The topological polar surface area (TPSA) is 135 Å². The third kappa shape index (κ3) is 6.06. The van der Waals surface area contributed by atoms with Gasteiger partial charge in [0.2, 0.25) is 11.9 Å². The zero-order chi connectivity index (χ0) is 23.2. The first kappa shape index (κ1) is 22.7. The summed E-state index contributed by atoms with van der Waals surface area (Å²) in [5.41, 5.74) is 1.87. The molecule has 1 aromatic carbocycles. The number of carbonyl (C=O) groups excluding carboxylic acids is 1. The number of amides is 1. The van der Waals surface area contributed by atoms with Crippen molar-refractivity contribution in [1.29, 1.82) is 0 Å². The molecule has 4 rings (SSSR count). The number of nitro benzene ring substituents is 1. The highest BCUT2D eigenvalue weighted by Gasteiger charge is 2.16. The van der Waals surface area contributed by atoms with Gasteiger partial charge in [0, 0.05) is 50.1 Å². The lowest BCUT2D eigenvalue weighted by atomic mass is 10.3. The lowest BCUT2D eigenvalue weighted by Crippen LogP contribution is -2.38. The number of nitrogens with one attached hydrogen (secondary N) is 2. The molecule has 172 valence electrons. The van der Waals surface area contributed by atoms with Gasteiger partial charge in [-0.25, -0.2) is 15.0 Å². The van der Waals surface area contributed by atoms with Gasteiger partial charge in [-0.1, -0.05) is 17.4 Å². The molecule has 0 atom stereocenters. The van der Waals surface area contributed by atoms with E-state index in [1.54, 1.807) is 24.4 Å². The van der Waals surface area contributed by atoms with Crippen molar-refractivity contribution < 1.29 is 14.5 Å². The Kier molecular flexibility index (Phi) is 7.17. The summed E-state index contributed by atoms with van der Waals surface area (Å²) < 4.78 is 5.32. The number of nitrogens with zero attached hydrogens (tertiary/aromatic N) is 5. The Bertz CT molecular complexity index is 1150. The number of thiazole rings is 1. The van der Waals surface area contributed by atoms with Gasteiger partial charge in [0.1, 0.15) is 0 Å². The lowest BCUT2D eigenvalue weighted by molar-refractivity contribution is -0.384. The van der Waals surface area contributed by atoms with Crippen LogP contribution in [0.5, 0.6) is 0 Å². The van der Waals surface area contributed by atoms with E-state index < -0.39 is 4.92 Å². The highest BCUT2D eigenvalue weighted by molar-refractivity contribution is 7.19. The number of aromatic nitrogens is 3. The van der Waals surface area contributed by atoms with Crippen LogP contribution in [0.2, 0.25) is 0 Å². The van der Waals surface area contributed by atoms with E-state index in [4.69, 9.17) is 4.74 Å². The Hall–Kier alpha value is -3.48. The Morgan fingerprint density at radius 3 is 2.88 bits per heavy atom. The minimum Gasteiger partial charge on any atom is -0.379 e. The molecule has 1 aliphatic heterocycles. The molecule has 0 saturated carbocycles. The van der Waals surface area contributed by atoms with Crippen LogP contribution in [-0.2, 0) is 9.53 Å². The van der Waals surface area contributed by atoms with Gasteiger partial charge in [-0.15, -0.1) is 0 Å². The first-order chi connectivity index (χ1) is 16.0. The molecular formula is C21H23N7O4S. The molecule has 1 fully saturated rings. The normalized spacial score (nSPS) is 14.1. The highest BCUT2D eigenvalue weighted by atomic mass is 32.1. The Balaban J connectivity index is 1.41. The van der Waals surface area contributed by atoms with Crippen LogP contribution in [0.3, 0.4) is 0 Å². The third-order valence-electron chi connectivity index (χ3n) is 5.00. The summed E-state index contributed by atoms with van der Waals surface area (Å²) in [5.74, 6) is 0.217. The van der Waals surface area contributed by atoms with Crippen LogP contribution < -0.4 is 10.6 Å². The monoisotopic (exact) mass is 469 g/mol. The lowest BCUT2D eigenvalue weighted by Gasteiger charge is -2.26. The van der Waals surface area contributed by atoms with Crippen molar-refractivity contribution in [2.24, 2.45) is 0 Å². The second-order valence-electron chi connectivity index (χ2n) is 7.38. The first-order valence-corrected chi connectivity index (χ1v) is 11.2. The van der Waals surface area contributed by atoms with E-state index in [1.165, 1.54) is 23.5 Å². The van der Waals surface area contributed by atoms with Crippen LogP contribution in [-0.4, -0.2) is 63.5 Å². The molecule has 12 heteroatoms. The zero-order valence-electron chi connectivity index (χ0n) is 18.0. The van der Waals surface area contributed by atoms with Crippen molar-refractivity contribution in [3.63, 3.8) is 0 Å². The molecule has 2 N–H and O–H groups in total. The molecule has 0 radical (unpaired) electrons. The summed E-state index contributed by atoms with van der Waals surface area (Å²) in [4.78, 5) is 39.1. The number of benzene rings is 1. The average Bonchev–Trinajstić information content (AvgIpc) is 3.18. The van der Waals surface area contributed by atoms with Crippen molar-refractivity contribution in [1.82, 2.24) is 19.9 Å². The number of non-ortho nitro benzene ring substituents is 1. The van der Waals surface area contributed by atoms with E-state index in [9.17, 15) is 14.9 Å². The smallest absolute Gasteiger partial charge is 0.271 e. The summed E-state index contributed by atoms with van der Waals surface area (Å²) in [6.07, 6.45) is 1.99. The predicted octanol–water partition coefficient (Wildman–Crippen LogP) is 3.22. The predicted molar refractivity (Wildman–Crippen MR) is 125 cm³/mol. The zero-order valence-corrected chi connectivity index (χ0v) is 18.8. The van der Waals surface area contributed by atoms with Crippen molar-refractivity contribution in [3.8, 4) is 10.6 Å². The van der Waals surface area contributed by atoms with Gasteiger partial charge in [-0.05, 0) is 19.1 Å². The largest absolute Gasteiger partial charge is 0.379 e. The summed E-state index contributed by atoms with van der Waals surface area (Å²) in [6.45, 7) is 5.62. The molecule has 3 aromatic rings. The van der Waals surface area contributed by atoms with Crippen LogP contribution in [0.15, 0.2) is 36.5 Å². The van der Waals surface area contributed by atoms with E-state index in [0.29, 0.717) is 48.6 Å². The van der Waals surface area contributed by atoms with Gasteiger partial charge >= 0.3 is 0 Å². The van der Waals surface area contributed by atoms with Crippen LogP contribution in [0.25, 0.3) is 10.6 Å². The SMILES string of the molecule is Cc1nc(NC(=O)CCN2CCOCC2)sc1-c1ccnc(Nc2cccc([N+](=O)[O-])c2)n1. The van der Waals surface area contributed by atoms with Gasteiger partial charge in [-0.3, -0.25) is 19.8 Å². The fourth-order valence-corrected chi connectivity index (χ4v) is 4.28. The van der Waals surface area contributed by atoms with Crippen LogP contribution in [0.4, 0.5) is 22.5 Å². The molecule has 3 heterocycles. The van der Waals surface area contributed by atoms with Gasteiger partial charge < -0.3 is 15.4 Å². The van der Waals surface area contributed by atoms with E-state index in [1.807, 2.05) is 6.92 Å². The standard InChI is InChI=1S/C21H23N7O4S/c1-14-19(33-21(23-14)26-18(29)6-8-27-9-11-32-12-10-27)17-5-7-22-20(25-17)24-15-3-2-4-16(13-15)28(30)31/h2-5,7,13H,6,8-12H2,1H3,(H,22,24,25)(H,23,26,29). The third-order valence-corrected chi connectivity index (χ3v) is 6.10. The van der Waals surface area contributed by atoms with Gasteiger partial charge in [0.25, 0.3) is 5.69 Å². The Morgan fingerprint density at radius 1 is 1.27 bits per heavy atom. The molecule has 0 unspecified atom stereocenters. The summed E-state index contributed by atoms with van der Waals surface area (Å²) in [7, 11) is 0. The number of morpholine rings is 1. The molecule has 0 spiro atoms. The Labute approximate surface area is 194 Å². The van der Waals surface area contributed by atoms with Gasteiger partial charge in [0.15, 0.2) is 5.13 Å². The number of hydrogen-bond donors (Lipinski definition) is 2. The second kappa shape index (κ2) is 10.4.